The Labute approximate surface area is 123 Å². The number of fused-ring (bicyclic) bond motifs is 1. The number of benzene rings is 1. The van der Waals surface area contributed by atoms with Crippen molar-refractivity contribution < 1.29 is 4.74 Å². The van der Waals surface area contributed by atoms with Gasteiger partial charge in [0.1, 0.15) is 24.5 Å². The van der Waals surface area contributed by atoms with Gasteiger partial charge in [-0.15, -0.1) is 10.2 Å². The Morgan fingerprint density at radius 1 is 1.24 bits per heavy atom. The van der Waals surface area contributed by atoms with Crippen molar-refractivity contribution in [2.45, 2.75) is 19.5 Å². The molecule has 0 saturated carbocycles. The van der Waals surface area contributed by atoms with Gasteiger partial charge in [0.2, 0.25) is 0 Å². The zero-order valence-corrected chi connectivity index (χ0v) is 11.8. The molecule has 0 aliphatic carbocycles. The van der Waals surface area contributed by atoms with Crippen LogP contribution < -0.4 is 4.74 Å². The SMILES string of the molecule is N#CCc1ccc(OCCN2CCn3cnnc3C2)cc1. The first kappa shape index (κ1) is 13.6. The van der Waals surface area contributed by atoms with Gasteiger partial charge < -0.3 is 9.30 Å². The van der Waals surface area contributed by atoms with E-state index < -0.39 is 0 Å². The Morgan fingerprint density at radius 3 is 2.90 bits per heavy atom. The van der Waals surface area contributed by atoms with Crippen molar-refractivity contribution in [3.8, 4) is 11.8 Å². The first-order chi connectivity index (χ1) is 10.3. The highest BCUT2D eigenvalue weighted by Crippen LogP contribution is 2.13. The standard InChI is InChI=1S/C15H17N5O/c16-6-5-13-1-3-14(4-2-13)21-10-9-19-7-8-20-12-17-18-15(20)11-19/h1-4,12H,5,7-11H2. The number of nitriles is 1. The molecule has 3 rings (SSSR count). The Bertz CT molecular complexity index is 628. The number of hydrogen-bond acceptors (Lipinski definition) is 5. The lowest BCUT2D eigenvalue weighted by Crippen LogP contribution is -2.36. The van der Waals surface area contributed by atoms with E-state index in [0.29, 0.717) is 13.0 Å². The molecule has 2 heterocycles. The van der Waals surface area contributed by atoms with Gasteiger partial charge in [0, 0.05) is 19.6 Å². The Balaban J connectivity index is 1.45. The predicted octanol–water partition coefficient (Wildman–Crippen LogP) is 1.24. The molecule has 108 valence electrons. The molecule has 0 atom stereocenters. The molecule has 0 saturated heterocycles. The van der Waals surface area contributed by atoms with Crippen molar-refractivity contribution in [2.24, 2.45) is 0 Å². The molecule has 0 bridgehead atoms. The molecule has 2 aromatic rings. The van der Waals surface area contributed by atoms with E-state index in [0.717, 1.165) is 43.3 Å². The third-order valence-electron chi connectivity index (χ3n) is 3.60. The van der Waals surface area contributed by atoms with Gasteiger partial charge in [0.25, 0.3) is 0 Å². The highest BCUT2D eigenvalue weighted by Gasteiger charge is 2.16. The molecule has 1 aliphatic heterocycles. The summed E-state index contributed by atoms with van der Waals surface area (Å²) in [5.41, 5.74) is 1.01. The van der Waals surface area contributed by atoms with Crippen LogP contribution >= 0.6 is 0 Å². The zero-order chi connectivity index (χ0) is 14.5. The lowest BCUT2D eigenvalue weighted by Gasteiger charge is -2.26. The van der Waals surface area contributed by atoms with Crippen LogP contribution in [-0.2, 0) is 19.5 Å². The third-order valence-corrected chi connectivity index (χ3v) is 3.60. The first-order valence-electron chi connectivity index (χ1n) is 7.03. The topological polar surface area (TPSA) is 67.0 Å². The molecule has 0 unspecified atom stereocenters. The second-order valence-corrected chi connectivity index (χ2v) is 5.04. The van der Waals surface area contributed by atoms with E-state index in [4.69, 9.17) is 10.00 Å². The number of aromatic nitrogens is 3. The van der Waals surface area contributed by atoms with Gasteiger partial charge in [-0.1, -0.05) is 12.1 Å². The maximum absolute atomic E-state index is 8.63. The van der Waals surface area contributed by atoms with Crippen molar-refractivity contribution in [3.05, 3.63) is 42.0 Å². The highest BCUT2D eigenvalue weighted by atomic mass is 16.5. The van der Waals surface area contributed by atoms with Gasteiger partial charge >= 0.3 is 0 Å². The molecule has 0 spiro atoms. The predicted molar refractivity (Wildman–Crippen MR) is 76.6 cm³/mol. The van der Waals surface area contributed by atoms with Gasteiger partial charge in [-0.3, -0.25) is 4.90 Å². The molecule has 0 amide bonds. The molecule has 0 radical (unpaired) electrons. The van der Waals surface area contributed by atoms with Crippen LogP contribution in [0.3, 0.4) is 0 Å². The highest BCUT2D eigenvalue weighted by molar-refractivity contribution is 5.28. The number of ether oxygens (including phenoxy) is 1. The normalized spacial score (nSPS) is 14.4. The van der Waals surface area contributed by atoms with E-state index in [1.807, 2.05) is 24.3 Å². The van der Waals surface area contributed by atoms with Crippen LogP contribution in [0.25, 0.3) is 0 Å². The van der Waals surface area contributed by atoms with Crippen molar-refractivity contribution in [3.63, 3.8) is 0 Å². The van der Waals surface area contributed by atoms with Crippen LogP contribution in [0.1, 0.15) is 11.4 Å². The molecule has 6 heteroatoms. The molecule has 21 heavy (non-hydrogen) atoms. The molecule has 1 aromatic heterocycles. The van der Waals surface area contributed by atoms with E-state index in [2.05, 4.69) is 25.7 Å². The van der Waals surface area contributed by atoms with Crippen LogP contribution in [0.5, 0.6) is 5.75 Å². The third kappa shape index (κ3) is 3.38. The van der Waals surface area contributed by atoms with E-state index in [1.165, 1.54) is 0 Å². The number of nitrogens with zero attached hydrogens (tertiary/aromatic N) is 5. The maximum atomic E-state index is 8.63. The summed E-state index contributed by atoms with van der Waals surface area (Å²) in [6.45, 7) is 4.27. The second-order valence-electron chi connectivity index (χ2n) is 5.04. The smallest absolute Gasteiger partial charge is 0.147 e. The van der Waals surface area contributed by atoms with Crippen molar-refractivity contribution in [1.29, 1.82) is 5.26 Å². The molecule has 0 fully saturated rings. The summed E-state index contributed by atoms with van der Waals surface area (Å²) < 4.78 is 7.83. The zero-order valence-electron chi connectivity index (χ0n) is 11.8. The Hall–Kier alpha value is -2.39. The van der Waals surface area contributed by atoms with Crippen molar-refractivity contribution in [2.75, 3.05) is 19.7 Å². The quantitative estimate of drug-likeness (QED) is 0.826. The minimum atomic E-state index is 0.439. The molecule has 0 N–H and O–H groups in total. The van der Waals surface area contributed by atoms with Crippen molar-refractivity contribution in [1.82, 2.24) is 19.7 Å². The monoisotopic (exact) mass is 283 g/mol. The minimum absolute atomic E-state index is 0.439. The van der Waals surface area contributed by atoms with Gasteiger partial charge in [0.15, 0.2) is 0 Å². The van der Waals surface area contributed by atoms with Crippen LogP contribution in [0.4, 0.5) is 0 Å². The van der Waals surface area contributed by atoms with Crippen LogP contribution in [0.2, 0.25) is 0 Å². The summed E-state index contributed by atoms with van der Waals surface area (Å²) in [6.07, 6.45) is 2.22. The maximum Gasteiger partial charge on any atom is 0.147 e. The summed E-state index contributed by atoms with van der Waals surface area (Å²) in [5, 5.41) is 16.7. The van der Waals surface area contributed by atoms with E-state index in [-0.39, 0.29) is 0 Å². The molecule has 1 aliphatic rings. The Kier molecular flexibility index (Phi) is 4.12. The summed E-state index contributed by atoms with van der Waals surface area (Å²) in [6, 6.07) is 9.83. The van der Waals surface area contributed by atoms with Crippen LogP contribution in [0.15, 0.2) is 30.6 Å². The van der Waals surface area contributed by atoms with Crippen LogP contribution in [0, 0.1) is 11.3 Å². The summed E-state index contributed by atoms with van der Waals surface area (Å²) in [5.74, 6) is 1.86. The molecular formula is C15H17N5O. The molecular weight excluding hydrogens is 266 g/mol. The van der Waals surface area contributed by atoms with Crippen molar-refractivity contribution >= 4 is 0 Å². The molecule has 6 nitrogen and oxygen atoms in total. The molecule has 1 aromatic carbocycles. The van der Waals surface area contributed by atoms with Gasteiger partial charge in [0.05, 0.1) is 19.0 Å². The largest absolute Gasteiger partial charge is 0.492 e. The van der Waals surface area contributed by atoms with Gasteiger partial charge in [-0.2, -0.15) is 5.26 Å². The average molecular weight is 283 g/mol. The fourth-order valence-electron chi connectivity index (χ4n) is 2.39. The number of rotatable bonds is 5. The fraction of sp³-hybridized carbons (Fsp3) is 0.400. The lowest BCUT2D eigenvalue weighted by atomic mass is 10.2. The minimum Gasteiger partial charge on any atom is -0.492 e. The number of hydrogen-bond donors (Lipinski definition) is 0. The average Bonchev–Trinajstić information content (AvgIpc) is 2.97. The van der Waals surface area contributed by atoms with Crippen LogP contribution in [-0.4, -0.2) is 39.4 Å². The van der Waals surface area contributed by atoms with Gasteiger partial charge in [-0.25, -0.2) is 0 Å². The van der Waals surface area contributed by atoms with E-state index >= 15 is 0 Å². The fourth-order valence-corrected chi connectivity index (χ4v) is 2.39. The lowest BCUT2D eigenvalue weighted by molar-refractivity contribution is 0.174. The summed E-state index contributed by atoms with van der Waals surface area (Å²) in [4.78, 5) is 2.31. The van der Waals surface area contributed by atoms with E-state index in [1.54, 1.807) is 6.33 Å². The summed E-state index contributed by atoms with van der Waals surface area (Å²) >= 11 is 0. The summed E-state index contributed by atoms with van der Waals surface area (Å²) in [7, 11) is 0. The van der Waals surface area contributed by atoms with E-state index in [9.17, 15) is 0 Å². The Morgan fingerprint density at radius 2 is 2.10 bits per heavy atom. The second kappa shape index (κ2) is 6.37. The van der Waals surface area contributed by atoms with Gasteiger partial charge in [-0.05, 0) is 17.7 Å². The first-order valence-corrected chi connectivity index (χ1v) is 7.03.